The first-order valence-electron chi connectivity index (χ1n) is 6.54. The van der Waals surface area contributed by atoms with E-state index in [2.05, 4.69) is 54.6 Å². The average Bonchev–Trinajstić information content (AvgIpc) is 2.93. The molecule has 0 saturated carbocycles. The van der Waals surface area contributed by atoms with E-state index in [1.54, 1.807) is 0 Å². The van der Waals surface area contributed by atoms with E-state index < -0.39 is 0 Å². The summed E-state index contributed by atoms with van der Waals surface area (Å²) in [4.78, 5) is 0. The number of nitrogens with zero attached hydrogens (tertiary/aromatic N) is 2. The van der Waals surface area contributed by atoms with Crippen LogP contribution >= 0.6 is 0 Å². The molecule has 96 valence electrons. The van der Waals surface area contributed by atoms with E-state index >= 15 is 0 Å². The summed E-state index contributed by atoms with van der Waals surface area (Å²) in [6, 6.07) is 13.3. The molecule has 1 heterocycles. The number of aromatic nitrogens is 2. The Morgan fingerprint density at radius 3 is 2.61 bits per heavy atom. The molecule has 3 nitrogen and oxygen atoms in total. The van der Waals surface area contributed by atoms with Crippen LogP contribution in [-0.4, -0.2) is 22.4 Å². The van der Waals surface area contributed by atoms with E-state index in [4.69, 9.17) is 0 Å². The predicted octanol–water partition coefficient (Wildman–Crippen LogP) is 2.66. The fourth-order valence-corrected chi connectivity index (χ4v) is 2.01. The first-order valence-corrected chi connectivity index (χ1v) is 6.54. The largest absolute Gasteiger partial charge is 0.312 e. The molecule has 0 unspecified atom stereocenters. The Balaban J connectivity index is 1.77. The van der Waals surface area contributed by atoms with Crippen LogP contribution in [-0.2, 0) is 6.42 Å². The fourth-order valence-electron chi connectivity index (χ4n) is 2.01. The lowest BCUT2D eigenvalue weighted by Gasteiger charge is -2.21. The summed E-state index contributed by atoms with van der Waals surface area (Å²) < 4.78 is 2.00. The second-order valence-corrected chi connectivity index (χ2v) is 4.71. The third-order valence-electron chi connectivity index (χ3n) is 3.39. The summed E-state index contributed by atoms with van der Waals surface area (Å²) in [5.74, 6) is 0. The summed E-state index contributed by atoms with van der Waals surface area (Å²) in [7, 11) is 0. The molecule has 1 aromatic carbocycles. The SMILES string of the molecule is C[C@@H](NCCc1ccccc1)[C@H](C)n1cccn1. The molecule has 2 aromatic rings. The van der Waals surface area contributed by atoms with Crippen molar-refractivity contribution < 1.29 is 0 Å². The first-order chi connectivity index (χ1) is 8.77. The van der Waals surface area contributed by atoms with E-state index in [0.29, 0.717) is 12.1 Å². The molecule has 18 heavy (non-hydrogen) atoms. The Labute approximate surface area is 109 Å². The molecule has 0 aliphatic heterocycles. The molecule has 0 bridgehead atoms. The van der Waals surface area contributed by atoms with Gasteiger partial charge in [0.25, 0.3) is 0 Å². The van der Waals surface area contributed by atoms with Gasteiger partial charge in [0.15, 0.2) is 0 Å². The number of hydrogen-bond acceptors (Lipinski definition) is 2. The number of hydrogen-bond donors (Lipinski definition) is 1. The first kappa shape index (κ1) is 12.8. The molecule has 0 radical (unpaired) electrons. The zero-order valence-corrected chi connectivity index (χ0v) is 11.1. The minimum absolute atomic E-state index is 0.371. The maximum atomic E-state index is 4.28. The number of rotatable bonds is 6. The van der Waals surface area contributed by atoms with Gasteiger partial charge in [-0.15, -0.1) is 0 Å². The van der Waals surface area contributed by atoms with Crippen molar-refractivity contribution in [2.24, 2.45) is 0 Å². The number of benzene rings is 1. The second-order valence-electron chi connectivity index (χ2n) is 4.71. The topological polar surface area (TPSA) is 29.9 Å². The third kappa shape index (κ3) is 3.44. The van der Waals surface area contributed by atoms with Gasteiger partial charge >= 0.3 is 0 Å². The minimum Gasteiger partial charge on any atom is -0.312 e. The summed E-state index contributed by atoms with van der Waals surface area (Å²) >= 11 is 0. The van der Waals surface area contributed by atoms with E-state index in [-0.39, 0.29) is 0 Å². The van der Waals surface area contributed by atoms with Crippen molar-refractivity contribution in [2.75, 3.05) is 6.54 Å². The quantitative estimate of drug-likeness (QED) is 0.845. The van der Waals surface area contributed by atoms with Crippen LogP contribution in [0, 0.1) is 0 Å². The third-order valence-corrected chi connectivity index (χ3v) is 3.39. The highest BCUT2D eigenvalue weighted by Gasteiger charge is 2.12. The molecule has 2 atom stereocenters. The molecule has 0 saturated heterocycles. The normalized spacial score (nSPS) is 14.3. The molecule has 0 aliphatic carbocycles. The van der Waals surface area contributed by atoms with Crippen LogP contribution in [0.1, 0.15) is 25.5 Å². The maximum Gasteiger partial charge on any atom is 0.0641 e. The maximum absolute atomic E-state index is 4.28. The van der Waals surface area contributed by atoms with Gasteiger partial charge in [-0.1, -0.05) is 30.3 Å². The van der Waals surface area contributed by atoms with Crippen LogP contribution < -0.4 is 5.32 Å². The molecule has 0 amide bonds. The smallest absolute Gasteiger partial charge is 0.0641 e. The van der Waals surface area contributed by atoms with Crippen molar-refractivity contribution in [3.8, 4) is 0 Å². The summed E-state index contributed by atoms with van der Waals surface area (Å²) in [5, 5.41) is 7.84. The Morgan fingerprint density at radius 1 is 1.17 bits per heavy atom. The van der Waals surface area contributed by atoms with Crippen molar-refractivity contribution in [2.45, 2.75) is 32.4 Å². The lowest BCUT2D eigenvalue weighted by atomic mass is 10.1. The van der Waals surface area contributed by atoms with Gasteiger partial charge in [-0.3, -0.25) is 4.68 Å². The van der Waals surface area contributed by atoms with Crippen molar-refractivity contribution in [1.29, 1.82) is 0 Å². The highest BCUT2D eigenvalue weighted by Crippen LogP contribution is 2.09. The zero-order valence-electron chi connectivity index (χ0n) is 11.1. The molecule has 0 spiro atoms. The van der Waals surface area contributed by atoms with Crippen LogP contribution in [0.2, 0.25) is 0 Å². The molecule has 1 aromatic heterocycles. The van der Waals surface area contributed by atoms with Crippen molar-refractivity contribution in [3.05, 3.63) is 54.4 Å². The van der Waals surface area contributed by atoms with E-state index in [1.165, 1.54) is 5.56 Å². The highest BCUT2D eigenvalue weighted by atomic mass is 15.3. The molecule has 3 heteroatoms. The van der Waals surface area contributed by atoms with Gasteiger partial charge in [-0.05, 0) is 38.4 Å². The minimum atomic E-state index is 0.371. The monoisotopic (exact) mass is 243 g/mol. The molecular formula is C15H21N3. The van der Waals surface area contributed by atoms with E-state index in [1.807, 2.05) is 23.1 Å². The van der Waals surface area contributed by atoms with Gasteiger partial charge in [0.05, 0.1) is 6.04 Å². The van der Waals surface area contributed by atoms with Gasteiger partial charge in [-0.2, -0.15) is 5.10 Å². The van der Waals surface area contributed by atoms with E-state index in [0.717, 1.165) is 13.0 Å². The summed E-state index contributed by atoms with van der Waals surface area (Å²) in [6.07, 6.45) is 4.91. The van der Waals surface area contributed by atoms with Gasteiger partial charge in [0, 0.05) is 18.4 Å². The molecular weight excluding hydrogens is 222 g/mol. The molecule has 0 fully saturated rings. The van der Waals surface area contributed by atoms with Crippen molar-refractivity contribution in [1.82, 2.24) is 15.1 Å². The van der Waals surface area contributed by atoms with Crippen molar-refractivity contribution >= 4 is 0 Å². The number of nitrogens with one attached hydrogen (secondary N) is 1. The van der Waals surface area contributed by atoms with Gasteiger partial charge < -0.3 is 5.32 Å². The average molecular weight is 243 g/mol. The van der Waals surface area contributed by atoms with E-state index in [9.17, 15) is 0 Å². The van der Waals surface area contributed by atoms with Crippen LogP contribution in [0.25, 0.3) is 0 Å². The predicted molar refractivity (Wildman–Crippen MR) is 74.5 cm³/mol. The molecule has 0 aliphatic rings. The van der Waals surface area contributed by atoms with Crippen LogP contribution in [0.4, 0.5) is 0 Å². The molecule has 2 rings (SSSR count). The Morgan fingerprint density at radius 2 is 1.94 bits per heavy atom. The Bertz CT molecular complexity index is 436. The second kappa shape index (κ2) is 6.36. The Kier molecular flexibility index (Phi) is 4.53. The lowest BCUT2D eigenvalue weighted by Crippen LogP contribution is -2.35. The fraction of sp³-hybridized carbons (Fsp3) is 0.400. The molecule has 1 N–H and O–H groups in total. The summed E-state index contributed by atoms with van der Waals surface area (Å²) in [6.45, 7) is 5.39. The van der Waals surface area contributed by atoms with Gasteiger partial charge in [0.1, 0.15) is 0 Å². The Hall–Kier alpha value is -1.61. The lowest BCUT2D eigenvalue weighted by molar-refractivity contribution is 0.368. The van der Waals surface area contributed by atoms with Crippen LogP contribution in [0.3, 0.4) is 0 Å². The van der Waals surface area contributed by atoms with Crippen LogP contribution in [0.5, 0.6) is 0 Å². The highest BCUT2D eigenvalue weighted by molar-refractivity contribution is 5.14. The zero-order chi connectivity index (χ0) is 12.8. The van der Waals surface area contributed by atoms with Gasteiger partial charge in [0.2, 0.25) is 0 Å². The summed E-state index contributed by atoms with van der Waals surface area (Å²) in [5.41, 5.74) is 1.38. The van der Waals surface area contributed by atoms with Gasteiger partial charge in [-0.25, -0.2) is 0 Å². The standard InChI is InChI=1S/C15H21N3/c1-13(14(2)18-12-6-10-17-18)16-11-9-15-7-4-3-5-8-15/h3-8,10,12-14,16H,9,11H2,1-2H3/t13-,14+/m1/s1. The van der Waals surface area contributed by atoms with Crippen LogP contribution in [0.15, 0.2) is 48.8 Å². The van der Waals surface area contributed by atoms with Crippen molar-refractivity contribution in [3.63, 3.8) is 0 Å².